The quantitative estimate of drug-likeness (QED) is 0.622. The van der Waals surface area contributed by atoms with Gasteiger partial charge in [0.25, 0.3) is 11.6 Å². The fraction of sp³-hybridized carbons (Fsp3) is 0.381. The van der Waals surface area contributed by atoms with Crippen LogP contribution in [0, 0.1) is 17.0 Å². The van der Waals surface area contributed by atoms with Gasteiger partial charge in [-0.2, -0.15) is 0 Å². The van der Waals surface area contributed by atoms with Crippen molar-refractivity contribution >= 4 is 11.6 Å². The molecule has 0 unspecified atom stereocenters. The Bertz CT molecular complexity index is 812. The van der Waals surface area contributed by atoms with E-state index in [2.05, 4.69) is 22.3 Å². The van der Waals surface area contributed by atoms with E-state index in [1.54, 1.807) is 13.0 Å². The van der Waals surface area contributed by atoms with Crippen LogP contribution in [0.2, 0.25) is 0 Å². The molecule has 1 aliphatic rings. The zero-order valence-corrected chi connectivity index (χ0v) is 15.6. The molecule has 1 fully saturated rings. The molecule has 6 nitrogen and oxygen atoms in total. The first-order valence-corrected chi connectivity index (χ1v) is 9.36. The van der Waals surface area contributed by atoms with E-state index >= 15 is 0 Å². The molecule has 27 heavy (non-hydrogen) atoms. The average molecular weight is 367 g/mol. The molecule has 0 aliphatic carbocycles. The van der Waals surface area contributed by atoms with E-state index in [9.17, 15) is 14.9 Å². The topological polar surface area (TPSA) is 75.5 Å². The highest BCUT2D eigenvalue weighted by Crippen LogP contribution is 2.19. The van der Waals surface area contributed by atoms with Crippen LogP contribution in [-0.2, 0) is 13.1 Å². The van der Waals surface area contributed by atoms with Gasteiger partial charge in [-0.15, -0.1) is 0 Å². The van der Waals surface area contributed by atoms with E-state index in [-0.39, 0.29) is 11.6 Å². The lowest BCUT2D eigenvalue weighted by Crippen LogP contribution is -2.29. The molecule has 6 heteroatoms. The van der Waals surface area contributed by atoms with E-state index in [1.807, 2.05) is 12.1 Å². The summed E-state index contributed by atoms with van der Waals surface area (Å²) in [6.07, 6.45) is 3.90. The second-order valence-corrected chi connectivity index (χ2v) is 7.09. The molecule has 1 saturated heterocycles. The first-order valence-electron chi connectivity index (χ1n) is 9.36. The normalized spacial score (nSPS) is 14.7. The van der Waals surface area contributed by atoms with Crippen LogP contribution in [0.3, 0.4) is 0 Å². The molecule has 3 rings (SSSR count). The van der Waals surface area contributed by atoms with Crippen molar-refractivity contribution in [1.29, 1.82) is 0 Å². The van der Waals surface area contributed by atoms with Gasteiger partial charge in [-0.1, -0.05) is 30.7 Å². The van der Waals surface area contributed by atoms with Crippen LogP contribution >= 0.6 is 0 Å². The van der Waals surface area contributed by atoms with E-state index in [1.165, 1.54) is 50.0 Å². The largest absolute Gasteiger partial charge is 0.348 e. The van der Waals surface area contributed by atoms with Crippen LogP contribution < -0.4 is 5.32 Å². The Labute approximate surface area is 159 Å². The summed E-state index contributed by atoms with van der Waals surface area (Å²) in [4.78, 5) is 25.2. The summed E-state index contributed by atoms with van der Waals surface area (Å²) in [6, 6.07) is 12.7. The van der Waals surface area contributed by atoms with Gasteiger partial charge in [0.15, 0.2) is 0 Å². The predicted octanol–water partition coefficient (Wildman–Crippen LogP) is 3.82. The number of hydrogen-bond acceptors (Lipinski definition) is 4. The number of likely N-dealkylation sites (tertiary alicyclic amines) is 1. The van der Waals surface area contributed by atoms with Crippen LogP contribution in [0.5, 0.6) is 0 Å². The molecular weight excluding hydrogens is 342 g/mol. The number of piperidine rings is 1. The minimum absolute atomic E-state index is 0.0239. The van der Waals surface area contributed by atoms with Crippen molar-refractivity contribution in [3.8, 4) is 0 Å². The minimum atomic E-state index is -0.442. The second kappa shape index (κ2) is 8.77. The standard InChI is InChI=1S/C21H25N3O3/c1-16-13-19(9-10-20(16)24(26)27)21(25)22-14-17-5-7-18(8-6-17)15-23-11-3-2-4-12-23/h5-10,13H,2-4,11-12,14-15H2,1H3,(H,22,25). The fourth-order valence-corrected chi connectivity index (χ4v) is 3.42. The zero-order valence-electron chi connectivity index (χ0n) is 15.6. The van der Waals surface area contributed by atoms with Crippen molar-refractivity contribution in [3.05, 3.63) is 74.8 Å². The number of nitrogens with zero attached hydrogens (tertiary/aromatic N) is 2. The van der Waals surface area contributed by atoms with E-state index in [0.717, 1.165) is 12.1 Å². The molecule has 0 bridgehead atoms. The number of aryl methyl sites for hydroxylation is 1. The molecule has 1 heterocycles. The van der Waals surface area contributed by atoms with Crippen molar-refractivity contribution in [1.82, 2.24) is 10.2 Å². The number of carbonyl (C=O) groups is 1. The maximum Gasteiger partial charge on any atom is 0.272 e. The van der Waals surface area contributed by atoms with E-state index < -0.39 is 4.92 Å². The van der Waals surface area contributed by atoms with Gasteiger partial charge in [0.2, 0.25) is 0 Å². The summed E-state index contributed by atoms with van der Waals surface area (Å²) in [6.45, 7) is 5.39. The lowest BCUT2D eigenvalue weighted by Gasteiger charge is -2.26. The Morgan fingerprint density at radius 1 is 1.07 bits per heavy atom. The molecule has 142 valence electrons. The molecule has 0 atom stereocenters. The number of rotatable bonds is 6. The fourth-order valence-electron chi connectivity index (χ4n) is 3.42. The van der Waals surface area contributed by atoms with Gasteiger partial charge < -0.3 is 5.32 Å². The maximum absolute atomic E-state index is 12.3. The van der Waals surface area contributed by atoms with Gasteiger partial charge in [0.1, 0.15) is 0 Å². The number of nitro groups is 1. The van der Waals surface area contributed by atoms with Crippen molar-refractivity contribution < 1.29 is 9.72 Å². The van der Waals surface area contributed by atoms with Crippen LogP contribution in [0.1, 0.15) is 46.3 Å². The molecular formula is C21H25N3O3. The Hall–Kier alpha value is -2.73. The van der Waals surface area contributed by atoms with Crippen molar-refractivity contribution in [2.75, 3.05) is 13.1 Å². The molecule has 1 amide bonds. The number of nitro benzene ring substituents is 1. The maximum atomic E-state index is 12.3. The molecule has 2 aromatic rings. The molecule has 0 aromatic heterocycles. The van der Waals surface area contributed by atoms with E-state index in [0.29, 0.717) is 17.7 Å². The Morgan fingerprint density at radius 3 is 2.37 bits per heavy atom. The number of nitrogens with one attached hydrogen (secondary N) is 1. The summed E-state index contributed by atoms with van der Waals surface area (Å²) in [5.41, 5.74) is 3.26. The summed E-state index contributed by atoms with van der Waals surface area (Å²) in [5, 5.41) is 13.7. The van der Waals surface area contributed by atoms with Gasteiger partial charge in [-0.05, 0) is 56.1 Å². The summed E-state index contributed by atoms with van der Waals surface area (Å²) in [5.74, 6) is -0.231. The number of hydrogen-bond donors (Lipinski definition) is 1. The second-order valence-electron chi connectivity index (χ2n) is 7.09. The highest BCUT2D eigenvalue weighted by Gasteiger charge is 2.14. The number of carbonyl (C=O) groups excluding carboxylic acids is 1. The van der Waals surface area contributed by atoms with E-state index in [4.69, 9.17) is 0 Å². The summed E-state index contributed by atoms with van der Waals surface area (Å²) in [7, 11) is 0. The molecule has 2 aromatic carbocycles. The predicted molar refractivity (Wildman–Crippen MR) is 105 cm³/mol. The molecule has 0 saturated carbocycles. The first-order chi connectivity index (χ1) is 13.0. The molecule has 0 radical (unpaired) electrons. The lowest BCUT2D eigenvalue weighted by atomic mass is 10.1. The van der Waals surface area contributed by atoms with Crippen LogP contribution in [0.4, 0.5) is 5.69 Å². The minimum Gasteiger partial charge on any atom is -0.348 e. The zero-order chi connectivity index (χ0) is 19.2. The monoisotopic (exact) mass is 367 g/mol. The van der Waals surface area contributed by atoms with Crippen LogP contribution in [0.15, 0.2) is 42.5 Å². The highest BCUT2D eigenvalue weighted by molar-refractivity contribution is 5.94. The van der Waals surface area contributed by atoms with Gasteiger partial charge in [-0.3, -0.25) is 19.8 Å². The van der Waals surface area contributed by atoms with Gasteiger partial charge in [-0.25, -0.2) is 0 Å². The Morgan fingerprint density at radius 2 is 1.74 bits per heavy atom. The molecule has 1 aliphatic heterocycles. The molecule has 1 N–H and O–H groups in total. The van der Waals surface area contributed by atoms with Gasteiger partial charge in [0, 0.05) is 30.3 Å². The van der Waals surface area contributed by atoms with Crippen LogP contribution in [0.25, 0.3) is 0 Å². The average Bonchev–Trinajstić information content (AvgIpc) is 2.67. The van der Waals surface area contributed by atoms with Crippen molar-refractivity contribution in [3.63, 3.8) is 0 Å². The third kappa shape index (κ3) is 5.14. The number of amides is 1. The van der Waals surface area contributed by atoms with Crippen LogP contribution in [-0.4, -0.2) is 28.8 Å². The third-order valence-corrected chi connectivity index (χ3v) is 4.99. The Kier molecular flexibility index (Phi) is 6.19. The summed E-state index contributed by atoms with van der Waals surface area (Å²) >= 11 is 0. The van der Waals surface area contributed by atoms with Gasteiger partial charge >= 0.3 is 0 Å². The van der Waals surface area contributed by atoms with Gasteiger partial charge in [0.05, 0.1) is 4.92 Å². The third-order valence-electron chi connectivity index (χ3n) is 4.99. The SMILES string of the molecule is Cc1cc(C(=O)NCc2ccc(CN3CCCCC3)cc2)ccc1[N+](=O)[O-]. The summed E-state index contributed by atoms with van der Waals surface area (Å²) < 4.78 is 0. The molecule has 0 spiro atoms. The lowest BCUT2D eigenvalue weighted by molar-refractivity contribution is -0.385. The highest BCUT2D eigenvalue weighted by atomic mass is 16.6. The number of benzene rings is 2. The van der Waals surface area contributed by atoms with Crippen molar-refractivity contribution in [2.24, 2.45) is 0 Å². The Balaban J connectivity index is 1.54. The smallest absolute Gasteiger partial charge is 0.272 e. The first kappa shape index (κ1) is 19.0. The van der Waals surface area contributed by atoms with Crippen molar-refractivity contribution in [2.45, 2.75) is 39.3 Å².